The van der Waals surface area contributed by atoms with Gasteiger partial charge in [-0.1, -0.05) is 15.9 Å². The predicted molar refractivity (Wildman–Crippen MR) is 55.2 cm³/mol. The van der Waals surface area contributed by atoms with Crippen molar-refractivity contribution in [3.63, 3.8) is 0 Å². The maximum Gasteiger partial charge on any atom is 0.335 e. The van der Waals surface area contributed by atoms with Gasteiger partial charge in [0.1, 0.15) is 12.5 Å². The van der Waals surface area contributed by atoms with E-state index in [4.69, 9.17) is 14.6 Å². The first kappa shape index (κ1) is 10.0. The Kier molecular flexibility index (Phi) is 2.64. The first-order valence-corrected chi connectivity index (χ1v) is 4.96. The van der Waals surface area contributed by atoms with Crippen LogP contribution in [0.5, 0.6) is 0 Å². The maximum absolute atomic E-state index is 10.8. The molecule has 0 aromatic heterocycles. The fourth-order valence-electron chi connectivity index (χ4n) is 1.24. The smallest absolute Gasteiger partial charge is 0.335 e. The summed E-state index contributed by atoms with van der Waals surface area (Å²) in [5.41, 5.74) is 0.854. The first-order valence-electron chi connectivity index (χ1n) is 4.17. The molecule has 0 fully saturated rings. The normalized spacial score (nSPS) is 14.7. The second kappa shape index (κ2) is 3.94. The van der Waals surface area contributed by atoms with Crippen LogP contribution >= 0.6 is 15.9 Å². The molecule has 5 heteroatoms. The Morgan fingerprint density at radius 3 is 2.60 bits per heavy atom. The number of carboxylic acid groups (broad SMARTS) is 1. The third-order valence-electron chi connectivity index (χ3n) is 1.96. The highest BCUT2D eigenvalue weighted by Gasteiger charge is 2.20. The lowest BCUT2D eigenvalue weighted by Gasteiger charge is -2.12. The van der Waals surface area contributed by atoms with Crippen molar-refractivity contribution in [1.29, 1.82) is 0 Å². The molecule has 2 rings (SSSR count). The molecule has 4 nitrogen and oxygen atoms in total. The van der Waals surface area contributed by atoms with Crippen molar-refractivity contribution in [3.8, 4) is 0 Å². The number of halogens is 1. The van der Waals surface area contributed by atoms with Crippen LogP contribution in [0.2, 0.25) is 0 Å². The molecule has 0 saturated carbocycles. The average molecular weight is 271 g/mol. The minimum Gasteiger partial charge on any atom is -0.478 e. The summed E-state index contributed by atoms with van der Waals surface area (Å²) in [6.07, 6.45) is 2.27. The number of carbonyl (C=O) groups is 1. The molecule has 1 heterocycles. The SMILES string of the molecule is O=C(O)c1ccc(Br)c(C2OC=CO2)c1. The number of rotatable bonds is 2. The van der Waals surface area contributed by atoms with Crippen molar-refractivity contribution in [2.24, 2.45) is 0 Å². The zero-order valence-corrected chi connectivity index (χ0v) is 9.10. The molecule has 0 unspecified atom stereocenters. The molecular weight excluding hydrogens is 264 g/mol. The van der Waals surface area contributed by atoms with Crippen LogP contribution in [0.3, 0.4) is 0 Å². The van der Waals surface area contributed by atoms with Gasteiger partial charge in [0.05, 0.1) is 5.56 Å². The van der Waals surface area contributed by atoms with E-state index in [1.165, 1.54) is 24.7 Å². The van der Waals surface area contributed by atoms with Crippen LogP contribution in [0.25, 0.3) is 0 Å². The second-order valence-electron chi connectivity index (χ2n) is 2.92. The third kappa shape index (κ3) is 1.97. The molecule has 1 aliphatic rings. The van der Waals surface area contributed by atoms with Crippen molar-refractivity contribution in [1.82, 2.24) is 0 Å². The molecule has 1 aromatic rings. The lowest BCUT2D eigenvalue weighted by atomic mass is 10.1. The van der Waals surface area contributed by atoms with Gasteiger partial charge in [0.25, 0.3) is 6.29 Å². The Morgan fingerprint density at radius 1 is 1.33 bits per heavy atom. The highest BCUT2D eigenvalue weighted by atomic mass is 79.9. The van der Waals surface area contributed by atoms with Crippen LogP contribution in [0.1, 0.15) is 22.2 Å². The molecule has 1 aliphatic heterocycles. The van der Waals surface area contributed by atoms with E-state index in [0.29, 0.717) is 5.56 Å². The summed E-state index contributed by atoms with van der Waals surface area (Å²) in [6.45, 7) is 0. The molecule has 1 N–H and O–H groups in total. The average Bonchev–Trinajstić information content (AvgIpc) is 2.71. The van der Waals surface area contributed by atoms with Crippen LogP contribution < -0.4 is 0 Å². The Labute approximate surface area is 94.2 Å². The van der Waals surface area contributed by atoms with Crippen molar-refractivity contribution in [2.45, 2.75) is 6.29 Å². The zero-order valence-electron chi connectivity index (χ0n) is 7.51. The molecule has 0 amide bonds. The molecular formula is C10H7BrO4. The van der Waals surface area contributed by atoms with Gasteiger partial charge in [-0.15, -0.1) is 0 Å². The molecule has 0 aliphatic carbocycles. The van der Waals surface area contributed by atoms with Crippen LogP contribution in [0.4, 0.5) is 0 Å². The highest BCUT2D eigenvalue weighted by Crippen LogP contribution is 2.30. The van der Waals surface area contributed by atoms with E-state index >= 15 is 0 Å². The van der Waals surface area contributed by atoms with Crippen LogP contribution in [-0.2, 0) is 9.47 Å². The minimum absolute atomic E-state index is 0.201. The van der Waals surface area contributed by atoms with Crippen LogP contribution in [-0.4, -0.2) is 11.1 Å². The third-order valence-corrected chi connectivity index (χ3v) is 2.68. The van der Waals surface area contributed by atoms with E-state index in [0.717, 1.165) is 4.47 Å². The number of hydrogen-bond donors (Lipinski definition) is 1. The van der Waals surface area contributed by atoms with E-state index in [1.54, 1.807) is 6.07 Å². The standard InChI is InChI=1S/C10H7BrO4/c11-8-2-1-6(9(12)13)5-7(8)10-14-3-4-15-10/h1-5,10H,(H,12,13). The Morgan fingerprint density at radius 2 is 2.00 bits per heavy atom. The van der Waals surface area contributed by atoms with Gasteiger partial charge in [0, 0.05) is 10.0 Å². The molecule has 78 valence electrons. The largest absolute Gasteiger partial charge is 0.478 e. The number of aromatic carboxylic acids is 1. The van der Waals surface area contributed by atoms with E-state index in [9.17, 15) is 4.79 Å². The minimum atomic E-state index is -0.977. The summed E-state index contributed by atoms with van der Waals surface area (Å²) in [7, 11) is 0. The van der Waals surface area contributed by atoms with Gasteiger partial charge < -0.3 is 14.6 Å². The van der Waals surface area contributed by atoms with E-state index in [-0.39, 0.29) is 5.56 Å². The van der Waals surface area contributed by atoms with Gasteiger partial charge >= 0.3 is 5.97 Å². The summed E-state index contributed by atoms with van der Waals surface area (Å²) >= 11 is 3.31. The number of carboxylic acids is 1. The van der Waals surface area contributed by atoms with E-state index in [2.05, 4.69) is 15.9 Å². The topological polar surface area (TPSA) is 55.8 Å². The molecule has 0 radical (unpaired) electrons. The fraction of sp³-hybridized carbons (Fsp3) is 0.100. The first-order chi connectivity index (χ1) is 7.18. The van der Waals surface area contributed by atoms with Gasteiger partial charge in [-0.05, 0) is 18.2 Å². The van der Waals surface area contributed by atoms with Gasteiger partial charge in [-0.2, -0.15) is 0 Å². The fourth-order valence-corrected chi connectivity index (χ4v) is 1.68. The molecule has 0 spiro atoms. The van der Waals surface area contributed by atoms with E-state index in [1.807, 2.05) is 0 Å². The predicted octanol–water partition coefficient (Wildman–Crippen LogP) is 2.66. The van der Waals surface area contributed by atoms with Crippen molar-refractivity contribution >= 4 is 21.9 Å². The summed E-state index contributed by atoms with van der Waals surface area (Å²) < 4.78 is 11.0. The quantitative estimate of drug-likeness (QED) is 0.898. The Balaban J connectivity index is 2.36. The summed E-state index contributed by atoms with van der Waals surface area (Å²) in [6, 6.07) is 4.69. The van der Waals surface area contributed by atoms with Gasteiger partial charge in [0.15, 0.2) is 0 Å². The molecule has 0 atom stereocenters. The number of benzene rings is 1. The number of ether oxygens (including phenoxy) is 2. The molecule has 15 heavy (non-hydrogen) atoms. The second-order valence-corrected chi connectivity index (χ2v) is 3.77. The maximum atomic E-state index is 10.8. The highest BCUT2D eigenvalue weighted by molar-refractivity contribution is 9.10. The van der Waals surface area contributed by atoms with Gasteiger partial charge in [-0.3, -0.25) is 0 Å². The van der Waals surface area contributed by atoms with Crippen LogP contribution in [0.15, 0.2) is 35.2 Å². The summed E-state index contributed by atoms with van der Waals surface area (Å²) in [5.74, 6) is -0.977. The zero-order chi connectivity index (χ0) is 10.8. The van der Waals surface area contributed by atoms with E-state index < -0.39 is 12.3 Å². The Bertz CT molecular complexity index is 419. The molecule has 0 saturated heterocycles. The molecule has 1 aromatic carbocycles. The monoisotopic (exact) mass is 270 g/mol. The van der Waals surface area contributed by atoms with Crippen LogP contribution in [0, 0.1) is 0 Å². The molecule has 0 bridgehead atoms. The summed E-state index contributed by atoms with van der Waals surface area (Å²) in [4.78, 5) is 10.8. The number of hydrogen-bond acceptors (Lipinski definition) is 3. The van der Waals surface area contributed by atoms with Gasteiger partial charge in [0.2, 0.25) is 0 Å². The van der Waals surface area contributed by atoms with Crippen molar-refractivity contribution in [3.05, 3.63) is 46.3 Å². The van der Waals surface area contributed by atoms with Crippen molar-refractivity contribution < 1.29 is 19.4 Å². The van der Waals surface area contributed by atoms with Crippen molar-refractivity contribution in [2.75, 3.05) is 0 Å². The lowest BCUT2D eigenvalue weighted by molar-refractivity contribution is -0.0251. The Hall–Kier alpha value is -1.49. The van der Waals surface area contributed by atoms with Gasteiger partial charge in [-0.25, -0.2) is 4.79 Å². The lowest BCUT2D eigenvalue weighted by Crippen LogP contribution is -2.03. The summed E-state index contributed by atoms with van der Waals surface area (Å²) in [5, 5.41) is 8.83.